The zero-order chi connectivity index (χ0) is 13.5. The van der Waals surface area contributed by atoms with Crippen LogP contribution in [0, 0.1) is 22.7 Å². The molecule has 92 valence electrons. The first-order chi connectivity index (χ1) is 8.09. The second kappa shape index (κ2) is 13.7. The molecular formula is C12H16N2O3. The van der Waals surface area contributed by atoms with Crippen LogP contribution in [0.5, 0.6) is 0 Å². The minimum absolute atomic E-state index is 0.155. The van der Waals surface area contributed by atoms with Crippen LogP contribution in [0.3, 0.4) is 0 Å². The van der Waals surface area contributed by atoms with E-state index in [1.807, 2.05) is 12.1 Å². The third kappa shape index (κ3) is 16.4. The molecule has 0 unspecified atom stereocenters. The number of hydrogen-bond donors (Lipinski definition) is 0. The van der Waals surface area contributed by atoms with Gasteiger partial charge in [-0.05, 0) is 6.92 Å². The maximum Gasteiger partial charge on any atom is 0.333 e. The number of carbonyl (C=O) groups excluding carboxylic acids is 1. The van der Waals surface area contributed by atoms with Crippen LogP contribution in [-0.2, 0) is 14.3 Å². The molecule has 0 aliphatic carbocycles. The molecule has 0 rings (SSSR count). The topological polar surface area (TPSA) is 83.1 Å². The Morgan fingerprint density at radius 1 is 1.29 bits per heavy atom. The van der Waals surface area contributed by atoms with Crippen LogP contribution in [0.1, 0.15) is 19.8 Å². The minimum atomic E-state index is -0.435. The molecule has 0 radical (unpaired) electrons. The Kier molecular flexibility index (Phi) is 13.8. The van der Waals surface area contributed by atoms with Gasteiger partial charge in [0, 0.05) is 5.57 Å². The third-order valence-corrected chi connectivity index (χ3v) is 1.25. The molecule has 0 spiro atoms. The van der Waals surface area contributed by atoms with Gasteiger partial charge in [0.05, 0.1) is 31.2 Å². The second-order valence-electron chi connectivity index (χ2n) is 2.77. The quantitative estimate of drug-likeness (QED) is 0.305. The van der Waals surface area contributed by atoms with Crippen molar-refractivity contribution < 1.29 is 14.3 Å². The van der Waals surface area contributed by atoms with Crippen LogP contribution < -0.4 is 0 Å². The summed E-state index contributed by atoms with van der Waals surface area (Å²) in [5.74, 6) is -0.435. The molecular weight excluding hydrogens is 220 g/mol. The first-order valence-corrected chi connectivity index (χ1v) is 4.89. The standard InChI is InChI=1S/C7H9NO2.C5H7NO/c1-6(2)7(9)10-5-3-4-8;1-2-7-5-3-4-6/h1,3,5H2,2H3;2H,1,3,5H2. The Morgan fingerprint density at radius 2 is 1.82 bits per heavy atom. The van der Waals surface area contributed by atoms with Gasteiger partial charge in [0.1, 0.15) is 13.2 Å². The molecule has 0 aliphatic heterocycles. The summed E-state index contributed by atoms with van der Waals surface area (Å²) >= 11 is 0. The van der Waals surface area contributed by atoms with E-state index in [-0.39, 0.29) is 13.0 Å². The van der Waals surface area contributed by atoms with Gasteiger partial charge < -0.3 is 9.47 Å². The van der Waals surface area contributed by atoms with Gasteiger partial charge in [-0.15, -0.1) is 0 Å². The van der Waals surface area contributed by atoms with E-state index in [2.05, 4.69) is 22.6 Å². The Hall–Kier alpha value is -2.27. The van der Waals surface area contributed by atoms with Gasteiger partial charge in [0.2, 0.25) is 0 Å². The lowest BCUT2D eigenvalue weighted by atomic mass is 10.4. The van der Waals surface area contributed by atoms with Crippen LogP contribution in [0.15, 0.2) is 25.0 Å². The zero-order valence-corrected chi connectivity index (χ0v) is 9.94. The zero-order valence-electron chi connectivity index (χ0n) is 9.94. The Labute approximate surface area is 102 Å². The Bertz CT molecular complexity index is 324. The first-order valence-electron chi connectivity index (χ1n) is 4.89. The number of esters is 1. The van der Waals surface area contributed by atoms with Crippen molar-refractivity contribution in [2.75, 3.05) is 13.2 Å². The minimum Gasteiger partial charge on any atom is -0.501 e. The number of nitriles is 2. The third-order valence-electron chi connectivity index (χ3n) is 1.25. The highest BCUT2D eigenvalue weighted by atomic mass is 16.5. The van der Waals surface area contributed by atoms with Crippen LogP contribution in [0.4, 0.5) is 0 Å². The van der Waals surface area contributed by atoms with Crippen molar-refractivity contribution in [2.45, 2.75) is 19.8 Å². The molecule has 0 aromatic rings. The van der Waals surface area contributed by atoms with Crippen molar-refractivity contribution in [3.63, 3.8) is 0 Å². The van der Waals surface area contributed by atoms with Crippen LogP contribution in [0.2, 0.25) is 0 Å². The molecule has 0 aromatic carbocycles. The summed E-state index contributed by atoms with van der Waals surface area (Å²) < 4.78 is 9.20. The van der Waals surface area contributed by atoms with Gasteiger partial charge in [-0.2, -0.15) is 10.5 Å². The van der Waals surface area contributed by atoms with Crippen molar-refractivity contribution in [1.82, 2.24) is 0 Å². The molecule has 5 nitrogen and oxygen atoms in total. The largest absolute Gasteiger partial charge is 0.501 e. The smallest absolute Gasteiger partial charge is 0.333 e. The number of hydrogen-bond acceptors (Lipinski definition) is 5. The SMILES string of the molecule is C=C(C)C(=O)OCCC#N.C=COCCC#N. The average molecular weight is 236 g/mol. The molecule has 0 saturated carbocycles. The van der Waals surface area contributed by atoms with Crippen LogP contribution in [-0.4, -0.2) is 19.2 Å². The van der Waals surface area contributed by atoms with E-state index in [4.69, 9.17) is 10.5 Å². The summed E-state index contributed by atoms with van der Waals surface area (Å²) in [5, 5.41) is 16.0. The normalized spacial score (nSPS) is 7.47. The van der Waals surface area contributed by atoms with Gasteiger partial charge >= 0.3 is 5.97 Å². The Morgan fingerprint density at radius 3 is 2.24 bits per heavy atom. The lowest BCUT2D eigenvalue weighted by Crippen LogP contribution is -2.05. The van der Waals surface area contributed by atoms with E-state index in [9.17, 15) is 4.79 Å². The molecule has 5 heteroatoms. The summed E-state index contributed by atoms with van der Waals surface area (Å²) in [6.07, 6.45) is 2.00. The summed E-state index contributed by atoms with van der Waals surface area (Å²) in [7, 11) is 0. The highest BCUT2D eigenvalue weighted by molar-refractivity contribution is 5.86. The average Bonchev–Trinajstić information content (AvgIpc) is 2.30. The van der Waals surface area contributed by atoms with E-state index in [1.54, 1.807) is 6.92 Å². The van der Waals surface area contributed by atoms with Crippen molar-refractivity contribution in [3.8, 4) is 12.1 Å². The maximum atomic E-state index is 10.6. The number of carbonyl (C=O) groups is 1. The molecule has 0 aromatic heterocycles. The van der Waals surface area contributed by atoms with Crippen LogP contribution >= 0.6 is 0 Å². The molecule has 0 amide bonds. The summed E-state index contributed by atoms with van der Waals surface area (Å²) in [6, 6.07) is 3.78. The number of ether oxygens (including phenoxy) is 2. The van der Waals surface area contributed by atoms with Crippen molar-refractivity contribution in [1.29, 1.82) is 10.5 Å². The Balaban J connectivity index is 0. The predicted octanol–water partition coefficient (Wildman–Crippen LogP) is 2.08. The number of rotatable bonds is 6. The molecule has 0 bridgehead atoms. The van der Waals surface area contributed by atoms with E-state index in [0.717, 1.165) is 0 Å². The van der Waals surface area contributed by atoms with Gasteiger partial charge in [-0.1, -0.05) is 13.2 Å². The van der Waals surface area contributed by atoms with E-state index >= 15 is 0 Å². The van der Waals surface area contributed by atoms with E-state index in [1.165, 1.54) is 6.26 Å². The second-order valence-corrected chi connectivity index (χ2v) is 2.77. The van der Waals surface area contributed by atoms with Crippen molar-refractivity contribution in [2.24, 2.45) is 0 Å². The molecule has 17 heavy (non-hydrogen) atoms. The summed E-state index contributed by atoms with van der Waals surface area (Å²) in [4.78, 5) is 10.6. The van der Waals surface area contributed by atoms with Gasteiger partial charge in [-0.25, -0.2) is 4.79 Å². The fourth-order valence-electron chi connectivity index (χ4n) is 0.500. The monoisotopic (exact) mass is 236 g/mol. The number of nitrogens with zero attached hydrogens (tertiary/aromatic N) is 2. The molecule has 0 aliphatic rings. The van der Waals surface area contributed by atoms with Crippen molar-refractivity contribution >= 4 is 5.97 Å². The first kappa shape index (κ1) is 17.1. The van der Waals surface area contributed by atoms with Gasteiger partial charge in [0.15, 0.2) is 0 Å². The van der Waals surface area contributed by atoms with E-state index < -0.39 is 5.97 Å². The summed E-state index contributed by atoms with van der Waals surface area (Å²) in [5.41, 5.74) is 0.359. The molecule has 0 atom stereocenters. The van der Waals surface area contributed by atoms with Gasteiger partial charge in [-0.3, -0.25) is 0 Å². The molecule has 0 N–H and O–H groups in total. The highest BCUT2D eigenvalue weighted by Crippen LogP contribution is 1.92. The lowest BCUT2D eigenvalue weighted by Gasteiger charge is -1.98. The fraction of sp³-hybridized carbons (Fsp3) is 0.417. The molecule has 0 heterocycles. The fourth-order valence-corrected chi connectivity index (χ4v) is 0.500. The lowest BCUT2D eigenvalue weighted by molar-refractivity contribution is -0.138. The molecule has 0 saturated heterocycles. The predicted molar refractivity (Wildman–Crippen MR) is 62.4 cm³/mol. The summed E-state index contributed by atoms with van der Waals surface area (Å²) in [6.45, 7) is 8.85. The highest BCUT2D eigenvalue weighted by Gasteiger charge is 2.00. The van der Waals surface area contributed by atoms with Crippen LogP contribution in [0.25, 0.3) is 0 Å². The maximum absolute atomic E-state index is 10.6. The van der Waals surface area contributed by atoms with Gasteiger partial charge in [0.25, 0.3) is 0 Å². The van der Waals surface area contributed by atoms with E-state index in [0.29, 0.717) is 18.6 Å². The van der Waals surface area contributed by atoms with Crippen molar-refractivity contribution in [3.05, 3.63) is 25.0 Å². The molecule has 0 fully saturated rings.